The molecule has 60 heteroatoms. The summed E-state index contributed by atoms with van der Waals surface area (Å²) in [6.45, 7) is -2.25. The third-order valence-corrected chi connectivity index (χ3v) is 25.3. The van der Waals surface area contributed by atoms with Crippen LogP contribution in [0.2, 0.25) is 0 Å². The van der Waals surface area contributed by atoms with Crippen molar-refractivity contribution >= 4 is 35.4 Å². The summed E-state index contributed by atoms with van der Waals surface area (Å²) in [6, 6.07) is -11.5. The fourth-order valence-electron chi connectivity index (χ4n) is 18.0. The van der Waals surface area contributed by atoms with Crippen molar-refractivity contribution in [2.24, 2.45) is 0 Å². The first-order chi connectivity index (χ1) is 65.1. The van der Waals surface area contributed by atoms with Crippen LogP contribution in [-0.2, 0) is 128 Å². The van der Waals surface area contributed by atoms with Gasteiger partial charge in [0.2, 0.25) is 35.4 Å². The molecule has 0 unspecified atom stereocenters. The van der Waals surface area contributed by atoms with Gasteiger partial charge in [0.1, 0.15) is 256 Å². The summed E-state index contributed by atoms with van der Waals surface area (Å²) in [4.78, 5) is 78.0. The molecule has 55 atom stereocenters. The Kier molecular flexibility index (Phi) is 40.5. The maximum absolute atomic E-state index is 13.7. The molecule has 11 fully saturated rings. The highest BCUT2D eigenvalue weighted by Gasteiger charge is 2.63. The summed E-state index contributed by atoms with van der Waals surface area (Å²) in [7, 11) is 0. The van der Waals surface area contributed by atoms with Gasteiger partial charge in [0, 0.05) is 41.5 Å². The van der Waals surface area contributed by atoms with Crippen LogP contribution >= 0.6 is 0 Å². The number of aliphatic hydroxyl groups is 27. The first kappa shape index (κ1) is 113. The molecule has 0 aromatic heterocycles. The zero-order valence-electron chi connectivity index (χ0n) is 75.2. The van der Waals surface area contributed by atoms with E-state index in [1.807, 2.05) is 0 Å². The van der Waals surface area contributed by atoms with Gasteiger partial charge in [-0.1, -0.05) is 0 Å². The van der Waals surface area contributed by atoms with Crippen LogP contribution in [0.5, 0.6) is 0 Å². The fraction of sp³-hybridized carbons (Fsp3) is 0.923. The van der Waals surface area contributed by atoms with Gasteiger partial charge in [0.15, 0.2) is 69.2 Å². The van der Waals surface area contributed by atoms with Crippen LogP contribution in [0.4, 0.5) is 0 Å². The molecule has 796 valence electrons. The minimum atomic E-state index is -2.70. The Morgan fingerprint density at radius 2 is 0.471 bits per heavy atom. The third kappa shape index (κ3) is 25.4. The van der Waals surface area contributed by atoms with Crippen LogP contribution in [0.25, 0.3) is 0 Å². The van der Waals surface area contributed by atoms with E-state index in [-0.39, 0.29) is 0 Å². The standard InChI is InChI=1S/C78H130N6O54/c1-18-41(98)53(110)57(114)74(120-18)118-17-34-62(132-69-36(80-21(4)93)48(105)43(100)26(9-85)123-69)52(109)39(83-24(7)96)72(130-34)137-66-55(112)45(102)28(11-87)125-77(66)119-16-33-47(104)65(59(116)76(129-33)133-61-31(14-90)127-71(38(51(61)108)82-23(6)95)131-60-30(13-89)122-68(117)35(50(60)107)79-20(3)92)136-78-67(56(113)46(103)29(12-88)126-78)138-73-40(84-25(8)97)64(135-75-58(115)54(111)42(99)19(2)121-75)63(32(15-91)128-73)134-70-37(81-22(5)94)49(106)44(101)27(10-86)124-70/h18-19,26-78,85-91,98-117H,9-17H2,1-8H3,(H,79,92)(H,80,93)(H,81,94)(H,82,95)(H,83,96)(H,84,97)/t18-,19-,26+,27+,28+,29+,30+,31+,32+,33+,34+,35+,36+,37+,38+,39+,40+,41+,42+,43-,44-,45+,46+,47+,48+,49+,50+,51+,52+,53+,54+,55-,56-,57-,58-,59-,60+,61+,62+,63+,64+,65-,66-,67-,68+,69-,70-,71-,72-,73-,74+,75-,76-,77-,78+/m0/s1. The highest BCUT2D eigenvalue weighted by molar-refractivity contribution is 5.75. The highest BCUT2D eigenvalue weighted by Crippen LogP contribution is 2.42. The molecule has 11 aliphatic rings. The number of hydrogen-bond acceptors (Lipinski definition) is 54. The van der Waals surface area contributed by atoms with Gasteiger partial charge in [0.25, 0.3) is 0 Å². The van der Waals surface area contributed by atoms with Crippen LogP contribution in [0.1, 0.15) is 55.4 Å². The van der Waals surface area contributed by atoms with Gasteiger partial charge in [-0.25, -0.2) is 0 Å². The fourth-order valence-corrected chi connectivity index (χ4v) is 18.0. The van der Waals surface area contributed by atoms with Gasteiger partial charge in [-0.2, -0.15) is 0 Å². The topological polar surface area (TPSA) is 915 Å². The molecule has 0 aliphatic carbocycles. The molecule has 0 aromatic rings. The number of hydrogen-bond donors (Lipinski definition) is 33. The van der Waals surface area contributed by atoms with Crippen molar-refractivity contribution in [2.45, 2.75) is 393 Å². The van der Waals surface area contributed by atoms with Crippen LogP contribution in [0, 0.1) is 0 Å². The summed E-state index contributed by atoms with van der Waals surface area (Å²) in [6.07, 6.45) is -104. The van der Waals surface area contributed by atoms with Crippen LogP contribution in [-0.4, -0.2) is 570 Å². The average Bonchev–Trinajstić information content (AvgIpc) is 0.776. The molecule has 60 nitrogen and oxygen atoms in total. The van der Waals surface area contributed by atoms with Crippen molar-refractivity contribution in [1.82, 2.24) is 31.9 Å². The van der Waals surface area contributed by atoms with Gasteiger partial charge in [0.05, 0.1) is 71.7 Å². The first-order valence-corrected chi connectivity index (χ1v) is 44.3. The monoisotopic (exact) mass is 2010 g/mol. The Hall–Kier alpha value is -5.10. The van der Waals surface area contributed by atoms with Crippen molar-refractivity contribution in [2.75, 3.05) is 59.5 Å². The normalized spacial score (nSPS) is 48.6. The van der Waals surface area contributed by atoms with Gasteiger partial charge in [-0.15, -0.1) is 0 Å². The molecule has 11 aliphatic heterocycles. The van der Waals surface area contributed by atoms with Crippen molar-refractivity contribution in [3.63, 3.8) is 0 Å². The number of amides is 6. The van der Waals surface area contributed by atoms with E-state index >= 15 is 0 Å². The number of nitrogens with one attached hydrogen (secondary N) is 6. The van der Waals surface area contributed by atoms with Gasteiger partial charge in [-0.05, 0) is 13.8 Å². The Labute approximate surface area is 783 Å². The number of carbonyl (C=O) groups is 6. The summed E-state index contributed by atoms with van der Waals surface area (Å²) < 4.78 is 128. The van der Waals surface area contributed by atoms with Crippen molar-refractivity contribution in [3.8, 4) is 0 Å². The molecule has 0 aromatic carbocycles. The average molecular weight is 2020 g/mol. The zero-order chi connectivity index (χ0) is 102. The Balaban J connectivity index is 0.974. The molecule has 0 saturated carbocycles. The first-order valence-electron chi connectivity index (χ1n) is 44.3. The lowest BCUT2D eigenvalue weighted by Crippen LogP contribution is -2.72. The summed E-state index contributed by atoms with van der Waals surface area (Å²) in [5.41, 5.74) is 0. The second-order valence-corrected chi connectivity index (χ2v) is 35.3. The smallest absolute Gasteiger partial charge is 0.217 e. The molecular weight excluding hydrogens is 1880 g/mol. The van der Waals surface area contributed by atoms with Crippen LogP contribution < -0.4 is 31.9 Å². The molecule has 0 radical (unpaired) electrons. The molecule has 11 rings (SSSR count). The number of carbonyl (C=O) groups excluding carboxylic acids is 6. The van der Waals surface area contributed by atoms with E-state index in [1.165, 1.54) is 13.8 Å². The lowest BCUT2D eigenvalue weighted by molar-refractivity contribution is -0.402. The summed E-state index contributed by atoms with van der Waals surface area (Å²) in [5, 5.41) is 322. The lowest BCUT2D eigenvalue weighted by Gasteiger charge is -2.52. The zero-order valence-corrected chi connectivity index (χ0v) is 75.2. The lowest BCUT2D eigenvalue weighted by atomic mass is 9.93. The maximum Gasteiger partial charge on any atom is 0.217 e. The Morgan fingerprint density at radius 3 is 0.906 bits per heavy atom. The second kappa shape index (κ2) is 49.4. The molecular formula is C78H130N6O54. The molecule has 138 heavy (non-hydrogen) atoms. The van der Waals surface area contributed by atoms with E-state index < -0.39 is 432 Å². The molecule has 33 N–H and O–H groups in total. The maximum atomic E-state index is 13.7. The second-order valence-electron chi connectivity index (χ2n) is 35.3. The van der Waals surface area contributed by atoms with Gasteiger partial charge in [-0.3, -0.25) is 28.8 Å². The molecule has 11 heterocycles. The Bertz CT molecular complexity index is 3880. The molecule has 6 amide bonds. The van der Waals surface area contributed by atoms with E-state index in [4.69, 9.17) is 99.5 Å². The minimum Gasteiger partial charge on any atom is -0.394 e. The minimum absolute atomic E-state index is 0.820. The SMILES string of the molecule is CC(=O)N[C@@H]1[C@@H](O)[C@H](O[C@@H]2O[C@H](CO)[C@@H](O[C@@H]3O[C@H](CO[C@H]4O[C@H](CO)[C@@H](O)[C@H](O)[C@@H]4O[C@@H]4O[C@H](CO[C@@H]5O[C@@H](C)[C@@H](O)[C@@H](O)[C@@H]5O)[C@@H](O[C@@H]5O[C@H](CO)[C@H](O)[C@H](O)[C@H]5NC(C)=O)[C@H](O)[C@H]4NC(C)=O)[C@@H](O)[C@H](O[C@H]4O[C@H](CO)[C@@H](O)[C@H](O)[C@@H]4O[C@@H]4O[C@H](CO)[C@@H](O[C@@H]5O[C@H](CO)[C@H](O)[C@H](O)[C@H]5NC(C)=O)[C@H](O[C@@H]5O[C@@H](C)[C@@H](O)[C@@H](O)[C@@H]5O)[C@H]4NC(C)=O)[C@@H]3O)[C@H](O)[C@H]2NC(C)=O)[C@@H](CO)O[C@H]1O. The molecule has 0 spiro atoms. The predicted octanol–water partition coefficient (Wildman–Crippen LogP) is -22.1. The van der Waals surface area contributed by atoms with Crippen LogP contribution in [0.15, 0.2) is 0 Å². The van der Waals surface area contributed by atoms with E-state index in [0.717, 1.165) is 41.5 Å². The van der Waals surface area contributed by atoms with Gasteiger partial charge >= 0.3 is 0 Å². The van der Waals surface area contributed by atoms with Crippen molar-refractivity contribution in [3.05, 3.63) is 0 Å². The molecule has 0 bridgehead atoms. The predicted molar refractivity (Wildman–Crippen MR) is 429 cm³/mol. The Morgan fingerprint density at radius 1 is 0.203 bits per heavy atom. The number of aliphatic hydroxyl groups excluding tert-OH is 27. The summed E-state index contributed by atoms with van der Waals surface area (Å²) in [5.74, 6) is -5.62. The van der Waals surface area contributed by atoms with Crippen molar-refractivity contribution in [1.29, 1.82) is 0 Å². The van der Waals surface area contributed by atoms with Crippen LogP contribution in [0.3, 0.4) is 0 Å². The van der Waals surface area contributed by atoms with Gasteiger partial charge < -0.3 is 269 Å². The van der Waals surface area contributed by atoms with Crippen molar-refractivity contribution < 1.29 is 266 Å². The highest BCUT2D eigenvalue weighted by atomic mass is 16.8. The number of rotatable bonds is 35. The number of ether oxygens (including phenoxy) is 21. The van der Waals surface area contributed by atoms with E-state index in [2.05, 4.69) is 31.9 Å². The quantitative estimate of drug-likeness (QED) is 0.0280. The largest absolute Gasteiger partial charge is 0.394 e. The summed E-state index contributed by atoms with van der Waals surface area (Å²) >= 11 is 0. The van der Waals surface area contributed by atoms with E-state index in [0.29, 0.717) is 0 Å². The third-order valence-electron chi connectivity index (χ3n) is 25.3. The molecule has 11 saturated heterocycles. The van der Waals surface area contributed by atoms with E-state index in [1.54, 1.807) is 0 Å². The van der Waals surface area contributed by atoms with E-state index in [9.17, 15) is 167 Å².